The Morgan fingerprint density at radius 2 is 2.16 bits per heavy atom. The van der Waals surface area contributed by atoms with E-state index < -0.39 is 0 Å². The van der Waals surface area contributed by atoms with Gasteiger partial charge in [0.1, 0.15) is 23.0 Å². The molecule has 0 amide bonds. The first-order chi connectivity index (χ1) is 9.42. The van der Waals surface area contributed by atoms with Crippen LogP contribution in [0.3, 0.4) is 0 Å². The Hall–Kier alpha value is -2.69. The van der Waals surface area contributed by atoms with Gasteiger partial charge in [0.15, 0.2) is 6.54 Å². The third-order valence-corrected chi connectivity index (χ3v) is 3.65. The summed E-state index contributed by atoms with van der Waals surface area (Å²) in [6.45, 7) is 0.759. The van der Waals surface area contributed by atoms with Gasteiger partial charge in [-0.2, -0.15) is 5.10 Å². The summed E-state index contributed by atoms with van der Waals surface area (Å²) in [4.78, 5) is 4.40. The van der Waals surface area contributed by atoms with E-state index in [-0.39, 0.29) is 0 Å². The number of pyridine rings is 1. The van der Waals surface area contributed by atoms with Gasteiger partial charge in [0.2, 0.25) is 5.58 Å². The molecule has 0 bridgehead atoms. The predicted molar refractivity (Wildman–Crippen MR) is 67.5 cm³/mol. The van der Waals surface area contributed by atoms with Crippen LogP contribution in [0.2, 0.25) is 0 Å². The molecule has 0 radical (unpaired) electrons. The molecular formula is C14H9N4O+. The van der Waals surface area contributed by atoms with Gasteiger partial charge in [-0.1, -0.05) is 0 Å². The van der Waals surface area contributed by atoms with Crippen LogP contribution in [0.25, 0.3) is 28.1 Å². The molecule has 0 aliphatic carbocycles. The van der Waals surface area contributed by atoms with Crippen LogP contribution < -0.4 is 4.57 Å². The van der Waals surface area contributed by atoms with Gasteiger partial charge >= 0.3 is 5.89 Å². The van der Waals surface area contributed by atoms with Gasteiger partial charge in [-0.25, -0.2) is 4.52 Å². The van der Waals surface area contributed by atoms with E-state index in [1.165, 1.54) is 0 Å². The van der Waals surface area contributed by atoms with Crippen LogP contribution in [-0.4, -0.2) is 14.6 Å². The number of hydrogen-bond donors (Lipinski definition) is 0. The molecule has 0 spiro atoms. The molecule has 90 valence electrons. The summed E-state index contributed by atoms with van der Waals surface area (Å²) < 4.78 is 10.1. The number of rotatable bonds is 0. The number of hydrogen-bond acceptors (Lipinski definition) is 3. The maximum Gasteiger partial charge on any atom is 0.384 e. The molecule has 1 aliphatic rings. The van der Waals surface area contributed by atoms with E-state index in [1.807, 2.05) is 35.1 Å². The lowest BCUT2D eigenvalue weighted by Crippen LogP contribution is -2.30. The maximum atomic E-state index is 6.05. The minimum atomic E-state index is 0.759. The van der Waals surface area contributed by atoms with Crippen molar-refractivity contribution in [2.45, 2.75) is 6.54 Å². The van der Waals surface area contributed by atoms with Crippen molar-refractivity contribution in [2.75, 3.05) is 0 Å². The van der Waals surface area contributed by atoms with Crippen LogP contribution in [0.5, 0.6) is 0 Å². The highest BCUT2D eigenvalue weighted by molar-refractivity contribution is 5.88. The molecule has 4 aromatic heterocycles. The van der Waals surface area contributed by atoms with Crippen molar-refractivity contribution in [1.29, 1.82) is 0 Å². The van der Waals surface area contributed by atoms with E-state index in [0.717, 1.165) is 40.3 Å². The van der Waals surface area contributed by atoms with Crippen molar-refractivity contribution < 1.29 is 8.98 Å². The van der Waals surface area contributed by atoms with E-state index in [2.05, 4.69) is 20.7 Å². The molecule has 0 saturated heterocycles. The van der Waals surface area contributed by atoms with Crippen LogP contribution in [0.1, 0.15) is 5.69 Å². The molecule has 5 nitrogen and oxygen atoms in total. The Morgan fingerprint density at radius 3 is 3.16 bits per heavy atom. The third kappa shape index (κ3) is 1.03. The molecule has 4 aromatic rings. The molecule has 0 saturated carbocycles. The van der Waals surface area contributed by atoms with Crippen molar-refractivity contribution in [2.24, 2.45) is 0 Å². The first-order valence-electron chi connectivity index (χ1n) is 6.15. The second-order valence-corrected chi connectivity index (χ2v) is 4.69. The number of fused-ring (bicyclic) bond motifs is 7. The Bertz CT molecular complexity index is 951. The van der Waals surface area contributed by atoms with E-state index in [1.54, 1.807) is 6.20 Å². The van der Waals surface area contributed by atoms with Crippen molar-refractivity contribution in [3.63, 3.8) is 0 Å². The average Bonchev–Trinajstić information content (AvgIpc) is 3.07. The largest absolute Gasteiger partial charge is 0.395 e. The minimum Gasteiger partial charge on any atom is -0.395 e. The maximum absolute atomic E-state index is 6.05. The quantitative estimate of drug-likeness (QED) is 0.393. The lowest BCUT2D eigenvalue weighted by molar-refractivity contribution is -0.649. The summed E-state index contributed by atoms with van der Waals surface area (Å²) in [5.74, 6) is 0.888. The van der Waals surface area contributed by atoms with Gasteiger partial charge in [-0.3, -0.25) is 4.98 Å². The van der Waals surface area contributed by atoms with Crippen molar-refractivity contribution in [3.05, 3.63) is 48.5 Å². The monoisotopic (exact) mass is 249 g/mol. The third-order valence-electron chi connectivity index (χ3n) is 3.65. The molecule has 0 N–H and O–H groups in total. The fourth-order valence-electron chi connectivity index (χ4n) is 2.80. The van der Waals surface area contributed by atoms with E-state index >= 15 is 0 Å². The summed E-state index contributed by atoms with van der Waals surface area (Å²) in [5, 5.41) is 4.29. The second-order valence-electron chi connectivity index (χ2n) is 4.69. The molecule has 5 heteroatoms. The average molecular weight is 249 g/mol. The zero-order valence-electron chi connectivity index (χ0n) is 9.95. The molecule has 19 heavy (non-hydrogen) atoms. The first kappa shape index (κ1) is 9.27. The fraction of sp³-hybridized carbons (Fsp3) is 0.0714. The lowest BCUT2D eigenvalue weighted by Gasteiger charge is -1.89. The van der Waals surface area contributed by atoms with Crippen LogP contribution in [0, 0.1) is 0 Å². The molecule has 0 atom stereocenters. The molecule has 5 rings (SSSR count). The van der Waals surface area contributed by atoms with Crippen molar-refractivity contribution in [3.8, 4) is 11.5 Å². The van der Waals surface area contributed by atoms with Crippen molar-refractivity contribution >= 4 is 16.6 Å². The SMILES string of the molecule is c1cnc2c(c1)-c1oc3c4cccnn4cc3[n+]1C2. The fourth-order valence-corrected chi connectivity index (χ4v) is 2.80. The normalized spacial score (nSPS) is 13.1. The highest BCUT2D eigenvalue weighted by Crippen LogP contribution is 2.31. The second kappa shape index (κ2) is 3.00. The van der Waals surface area contributed by atoms with Crippen molar-refractivity contribution in [1.82, 2.24) is 14.6 Å². The summed E-state index contributed by atoms with van der Waals surface area (Å²) in [7, 11) is 0. The van der Waals surface area contributed by atoms with E-state index in [4.69, 9.17) is 4.42 Å². The molecule has 5 heterocycles. The minimum absolute atomic E-state index is 0.759. The zero-order valence-corrected chi connectivity index (χ0v) is 9.95. The molecule has 0 fully saturated rings. The van der Waals surface area contributed by atoms with Crippen LogP contribution in [0.4, 0.5) is 0 Å². The van der Waals surface area contributed by atoms with Gasteiger partial charge < -0.3 is 4.42 Å². The standard InChI is InChI=1S/C14H9N4O/c1-3-9-10(15-5-1)7-17-12-8-18-11(4-2-6-16-18)13(12)19-14(9)17/h1-6,8H,7H2/q+1. The Kier molecular flexibility index (Phi) is 1.46. The predicted octanol–water partition coefficient (Wildman–Crippen LogP) is 1.79. The van der Waals surface area contributed by atoms with E-state index in [9.17, 15) is 0 Å². The Morgan fingerprint density at radius 1 is 1.21 bits per heavy atom. The first-order valence-corrected chi connectivity index (χ1v) is 6.15. The highest BCUT2D eigenvalue weighted by Gasteiger charge is 2.36. The summed E-state index contributed by atoms with van der Waals surface area (Å²) >= 11 is 0. The number of nitrogens with zero attached hydrogens (tertiary/aromatic N) is 4. The summed E-state index contributed by atoms with van der Waals surface area (Å²) in [6.07, 6.45) is 5.59. The van der Waals surface area contributed by atoms with Gasteiger partial charge in [0.25, 0.3) is 5.52 Å². The Balaban J connectivity index is 1.93. The molecular weight excluding hydrogens is 240 g/mol. The van der Waals surface area contributed by atoms with Gasteiger partial charge in [-0.15, -0.1) is 4.57 Å². The smallest absolute Gasteiger partial charge is 0.384 e. The lowest BCUT2D eigenvalue weighted by atomic mass is 10.2. The molecule has 0 unspecified atom stereocenters. The van der Waals surface area contributed by atoms with Crippen LogP contribution in [0.15, 0.2) is 47.3 Å². The zero-order chi connectivity index (χ0) is 12.4. The van der Waals surface area contributed by atoms with E-state index in [0.29, 0.717) is 0 Å². The summed E-state index contributed by atoms with van der Waals surface area (Å²) in [5.41, 5.74) is 5.08. The number of aromatic nitrogens is 4. The Labute approximate surface area is 107 Å². The molecule has 1 aliphatic heterocycles. The van der Waals surface area contributed by atoms with Gasteiger partial charge in [0, 0.05) is 12.4 Å². The van der Waals surface area contributed by atoms with Crippen LogP contribution in [-0.2, 0) is 6.54 Å². The van der Waals surface area contributed by atoms with Gasteiger partial charge in [-0.05, 0) is 24.3 Å². The number of oxazole rings is 1. The van der Waals surface area contributed by atoms with Crippen LogP contribution >= 0.6 is 0 Å². The topological polar surface area (TPSA) is 47.2 Å². The highest BCUT2D eigenvalue weighted by atomic mass is 16.4. The van der Waals surface area contributed by atoms with Gasteiger partial charge in [0.05, 0.1) is 0 Å². The molecule has 0 aromatic carbocycles. The summed E-state index contributed by atoms with van der Waals surface area (Å²) in [6, 6.07) is 7.93.